The molecule has 0 spiro atoms. The van der Waals surface area contributed by atoms with Crippen LogP contribution in [0.15, 0.2) is 11.6 Å². The summed E-state index contributed by atoms with van der Waals surface area (Å²) in [7, 11) is -3.70. The van der Waals surface area contributed by atoms with Gasteiger partial charge in [-0.15, -0.1) is 0 Å². The number of carboxylic acid groups (broad SMARTS) is 1. The van der Waals surface area contributed by atoms with Crippen molar-refractivity contribution in [2.75, 3.05) is 6.16 Å². The lowest BCUT2D eigenvalue weighted by atomic mass is 9.87. The molecule has 24 heavy (non-hydrogen) atoms. The predicted molar refractivity (Wildman–Crippen MR) is 96.2 cm³/mol. The maximum absolute atomic E-state index is 12.7. The van der Waals surface area contributed by atoms with Crippen LogP contribution in [-0.4, -0.2) is 27.9 Å². The summed E-state index contributed by atoms with van der Waals surface area (Å²) in [6, 6.07) is 0. The van der Waals surface area contributed by atoms with E-state index in [-0.39, 0.29) is 17.7 Å². The first kappa shape index (κ1) is 19.7. The molecule has 2 fully saturated rings. The Morgan fingerprint density at radius 2 is 1.62 bits per heavy atom. The molecule has 5 nitrogen and oxygen atoms in total. The Bertz CT molecular complexity index is 493. The fraction of sp³-hybridized carbons (Fsp3) is 0.833. The van der Waals surface area contributed by atoms with Gasteiger partial charge in [-0.2, -0.15) is 0 Å². The summed E-state index contributed by atoms with van der Waals surface area (Å²) >= 11 is 0. The molecule has 0 amide bonds. The van der Waals surface area contributed by atoms with Crippen molar-refractivity contribution in [1.29, 1.82) is 0 Å². The van der Waals surface area contributed by atoms with Crippen molar-refractivity contribution in [3.05, 3.63) is 11.6 Å². The molecule has 2 rings (SSSR count). The molecule has 2 atom stereocenters. The van der Waals surface area contributed by atoms with Crippen LogP contribution in [0, 0.1) is 11.8 Å². The van der Waals surface area contributed by atoms with Crippen molar-refractivity contribution in [3.63, 3.8) is 0 Å². The van der Waals surface area contributed by atoms with Gasteiger partial charge in [0.15, 0.2) is 0 Å². The summed E-state index contributed by atoms with van der Waals surface area (Å²) < 4.78 is 12.7. The minimum atomic E-state index is -3.70. The zero-order valence-corrected chi connectivity index (χ0v) is 15.4. The van der Waals surface area contributed by atoms with Crippen LogP contribution in [-0.2, 0) is 9.36 Å². The molecule has 4 N–H and O–H groups in total. The van der Waals surface area contributed by atoms with Gasteiger partial charge >= 0.3 is 5.97 Å². The van der Waals surface area contributed by atoms with E-state index in [0.717, 1.165) is 51.4 Å². The molecular formula is C18H32NO4P. The standard InChI is InChI=1S/C18H32NO4P/c19-17(12-15-9-5-2-6-10-15)24(22,23)13-16(18(20)21)11-14-7-3-1-4-8-14/h11,14-15,17H,1-10,12-13,19H2,(H,20,21)(H,22,23)/b16-11+. The van der Waals surface area contributed by atoms with Gasteiger partial charge in [-0.3, -0.25) is 4.57 Å². The number of carboxylic acids is 1. The second kappa shape index (κ2) is 9.17. The van der Waals surface area contributed by atoms with Gasteiger partial charge in [-0.25, -0.2) is 4.79 Å². The van der Waals surface area contributed by atoms with Crippen LogP contribution in [0.2, 0.25) is 0 Å². The molecule has 0 aromatic carbocycles. The molecule has 0 aromatic heterocycles. The highest BCUT2D eigenvalue weighted by Crippen LogP contribution is 2.49. The molecule has 138 valence electrons. The van der Waals surface area contributed by atoms with E-state index in [9.17, 15) is 19.4 Å². The van der Waals surface area contributed by atoms with E-state index >= 15 is 0 Å². The van der Waals surface area contributed by atoms with Crippen LogP contribution >= 0.6 is 7.37 Å². The number of rotatable bonds is 7. The van der Waals surface area contributed by atoms with Crippen LogP contribution in [0.1, 0.15) is 70.6 Å². The first-order valence-electron chi connectivity index (χ1n) is 9.39. The molecule has 2 aliphatic carbocycles. The van der Waals surface area contributed by atoms with Crippen LogP contribution in [0.25, 0.3) is 0 Å². The van der Waals surface area contributed by atoms with E-state index < -0.39 is 19.1 Å². The smallest absolute Gasteiger partial charge is 0.331 e. The number of allylic oxidation sites excluding steroid dienone is 1. The number of hydrogen-bond acceptors (Lipinski definition) is 3. The minimum absolute atomic E-state index is 0.0758. The van der Waals surface area contributed by atoms with Crippen LogP contribution in [0.5, 0.6) is 0 Å². The third-order valence-electron chi connectivity index (χ3n) is 5.58. The van der Waals surface area contributed by atoms with E-state index in [1.165, 1.54) is 12.8 Å². The van der Waals surface area contributed by atoms with Crippen molar-refractivity contribution in [2.45, 2.75) is 76.4 Å². The van der Waals surface area contributed by atoms with E-state index in [4.69, 9.17) is 5.73 Å². The third-order valence-corrected chi connectivity index (χ3v) is 7.62. The van der Waals surface area contributed by atoms with Gasteiger partial charge in [0.05, 0.1) is 11.9 Å². The van der Waals surface area contributed by atoms with Gasteiger partial charge in [-0.1, -0.05) is 57.4 Å². The second-order valence-electron chi connectivity index (χ2n) is 7.62. The van der Waals surface area contributed by atoms with Gasteiger partial charge in [0, 0.05) is 5.57 Å². The van der Waals surface area contributed by atoms with Crippen molar-refractivity contribution in [1.82, 2.24) is 0 Å². The normalized spacial score (nSPS) is 25.2. The SMILES string of the molecule is NC(CC1CCCCC1)P(=O)(O)C/C(=C\C1CCCCC1)C(=O)O. The summed E-state index contributed by atoms with van der Waals surface area (Å²) in [6.45, 7) is 0. The van der Waals surface area contributed by atoms with Crippen molar-refractivity contribution < 1.29 is 19.4 Å². The van der Waals surface area contributed by atoms with Gasteiger partial charge in [0.25, 0.3) is 0 Å². The van der Waals surface area contributed by atoms with Gasteiger partial charge < -0.3 is 15.7 Å². The number of aliphatic carboxylic acids is 1. The number of hydrogen-bond donors (Lipinski definition) is 3. The summed E-state index contributed by atoms with van der Waals surface area (Å²) in [5.74, 6) is -1.27. The zero-order chi connectivity index (χ0) is 17.6. The maximum atomic E-state index is 12.7. The molecule has 0 heterocycles. The van der Waals surface area contributed by atoms with Gasteiger partial charge in [0.1, 0.15) is 0 Å². The maximum Gasteiger partial charge on any atom is 0.331 e. The highest BCUT2D eigenvalue weighted by molar-refractivity contribution is 7.59. The Hall–Kier alpha value is -0.640. The van der Waals surface area contributed by atoms with Gasteiger partial charge in [-0.05, 0) is 31.1 Å². The van der Waals surface area contributed by atoms with E-state index in [1.807, 2.05) is 0 Å². The monoisotopic (exact) mass is 357 g/mol. The Balaban J connectivity index is 1.98. The largest absolute Gasteiger partial charge is 0.478 e. The first-order chi connectivity index (χ1) is 11.4. The predicted octanol–water partition coefficient (Wildman–Crippen LogP) is 4.10. The Labute approximate surface area is 145 Å². The molecule has 6 heteroatoms. The third kappa shape index (κ3) is 6.02. The zero-order valence-electron chi connectivity index (χ0n) is 14.5. The molecule has 0 aromatic rings. The highest BCUT2D eigenvalue weighted by atomic mass is 31.2. The van der Waals surface area contributed by atoms with Gasteiger partial charge in [0.2, 0.25) is 7.37 Å². The molecule has 0 aliphatic heterocycles. The quantitative estimate of drug-likeness (QED) is 0.470. The number of carbonyl (C=O) groups is 1. The molecule has 0 radical (unpaired) electrons. The van der Waals surface area contributed by atoms with Crippen molar-refractivity contribution in [2.24, 2.45) is 17.6 Å². The lowest BCUT2D eigenvalue weighted by Gasteiger charge is -2.27. The van der Waals surface area contributed by atoms with E-state index in [0.29, 0.717) is 12.3 Å². The number of nitrogens with two attached hydrogens (primary N) is 1. The Morgan fingerprint density at radius 3 is 2.17 bits per heavy atom. The fourth-order valence-corrected chi connectivity index (χ4v) is 5.66. The van der Waals surface area contributed by atoms with Crippen LogP contribution < -0.4 is 5.73 Å². The molecule has 2 saturated carbocycles. The summed E-state index contributed by atoms with van der Waals surface area (Å²) in [5, 5.41) is 9.43. The Morgan fingerprint density at radius 1 is 1.08 bits per heavy atom. The second-order valence-corrected chi connectivity index (χ2v) is 10.1. The minimum Gasteiger partial charge on any atom is -0.478 e. The molecule has 0 saturated heterocycles. The fourth-order valence-electron chi connectivity index (χ4n) is 4.07. The van der Waals surface area contributed by atoms with Crippen LogP contribution in [0.4, 0.5) is 0 Å². The lowest BCUT2D eigenvalue weighted by molar-refractivity contribution is -0.132. The van der Waals surface area contributed by atoms with Crippen molar-refractivity contribution >= 4 is 13.3 Å². The van der Waals surface area contributed by atoms with Crippen molar-refractivity contribution in [3.8, 4) is 0 Å². The lowest BCUT2D eigenvalue weighted by Crippen LogP contribution is -2.27. The summed E-state index contributed by atoms with van der Waals surface area (Å²) in [6.07, 6.45) is 13.0. The average Bonchev–Trinajstić information content (AvgIpc) is 2.56. The summed E-state index contributed by atoms with van der Waals surface area (Å²) in [5.41, 5.74) is 6.11. The van der Waals surface area contributed by atoms with Crippen LogP contribution in [0.3, 0.4) is 0 Å². The molecule has 2 unspecified atom stereocenters. The molecule has 2 aliphatic rings. The average molecular weight is 357 g/mol. The van der Waals surface area contributed by atoms with E-state index in [2.05, 4.69) is 0 Å². The first-order valence-corrected chi connectivity index (χ1v) is 11.3. The Kier molecular flexibility index (Phi) is 7.52. The topological polar surface area (TPSA) is 101 Å². The van der Waals surface area contributed by atoms with E-state index in [1.54, 1.807) is 6.08 Å². The molecular weight excluding hydrogens is 325 g/mol. The molecule has 0 bridgehead atoms. The summed E-state index contributed by atoms with van der Waals surface area (Å²) in [4.78, 5) is 21.9. The highest BCUT2D eigenvalue weighted by Gasteiger charge is 2.33.